The summed E-state index contributed by atoms with van der Waals surface area (Å²) in [6, 6.07) is 12.9. The van der Waals surface area contributed by atoms with Gasteiger partial charge in [0, 0.05) is 22.4 Å². The number of thioether (sulfide) groups is 1. The Morgan fingerprint density at radius 1 is 1.04 bits per heavy atom. The molecule has 0 radical (unpaired) electrons. The van der Waals surface area contributed by atoms with E-state index in [0.717, 1.165) is 40.8 Å². The van der Waals surface area contributed by atoms with Gasteiger partial charge < -0.3 is 5.73 Å². The van der Waals surface area contributed by atoms with Crippen molar-refractivity contribution in [2.45, 2.75) is 24.3 Å². The highest BCUT2D eigenvalue weighted by Gasteiger charge is 2.29. The van der Waals surface area contributed by atoms with Crippen molar-refractivity contribution in [2.75, 3.05) is 12.3 Å². The second-order valence-corrected chi connectivity index (χ2v) is 7.92. The van der Waals surface area contributed by atoms with E-state index in [4.69, 9.17) is 17.3 Å². The van der Waals surface area contributed by atoms with Crippen LogP contribution in [0.4, 0.5) is 13.2 Å². The van der Waals surface area contributed by atoms with Crippen molar-refractivity contribution in [3.05, 3.63) is 94.5 Å². The van der Waals surface area contributed by atoms with Gasteiger partial charge >= 0.3 is 6.18 Å². The second kappa shape index (κ2) is 10.2. The lowest BCUT2D eigenvalue weighted by atomic mass is 9.86. The van der Waals surface area contributed by atoms with E-state index in [0.29, 0.717) is 23.1 Å². The first-order chi connectivity index (χ1) is 13.2. The van der Waals surface area contributed by atoms with Crippen molar-refractivity contribution in [1.29, 1.82) is 0 Å². The monoisotopic (exact) mass is 425 g/mol. The summed E-state index contributed by atoms with van der Waals surface area (Å²) < 4.78 is 37.9. The Morgan fingerprint density at radius 3 is 2.18 bits per heavy atom. The number of benzene rings is 2. The zero-order valence-electron chi connectivity index (χ0n) is 15.4. The molecule has 0 fully saturated rings. The fraction of sp³-hybridized carbons (Fsp3) is 0.273. The molecule has 0 aliphatic carbocycles. The van der Waals surface area contributed by atoms with Gasteiger partial charge in [0.1, 0.15) is 0 Å². The van der Waals surface area contributed by atoms with Gasteiger partial charge in [-0.25, -0.2) is 0 Å². The smallest absolute Gasteiger partial charge is 0.330 e. The van der Waals surface area contributed by atoms with Crippen LogP contribution in [0.1, 0.15) is 29.0 Å². The van der Waals surface area contributed by atoms with Crippen LogP contribution in [0.3, 0.4) is 0 Å². The molecule has 1 atom stereocenters. The first-order valence-electron chi connectivity index (χ1n) is 8.78. The zero-order valence-corrected chi connectivity index (χ0v) is 17.0. The summed E-state index contributed by atoms with van der Waals surface area (Å²) in [4.78, 5) is 0. The Balaban J connectivity index is 1.93. The molecule has 0 bridgehead atoms. The number of hydrogen-bond donors (Lipinski definition) is 1. The molecule has 1 unspecified atom stereocenters. The summed E-state index contributed by atoms with van der Waals surface area (Å²) in [6.45, 7) is 8.88. The number of hydrogen-bond acceptors (Lipinski definition) is 2. The van der Waals surface area contributed by atoms with Gasteiger partial charge in [-0.1, -0.05) is 49.0 Å². The molecule has 150 valence electrons. The molecule has 1 nitrogen and oxygen atoms in total. The van der Waals surface area contributed by atoms with Crippen molar-refractivity contribution in [3.63, 3.8) is 0 Å². The molecule has 0 aromatic heterocycles. The van der Waals surface area contributed by atoms with E-state index in [-0.39, 0.29) is 5.92 Å². The van der Waals surface area contributed by atoms with E-state index in [2.05, 4.69) is 13.2 Å². The lowest BCUT2D eigenvalue weighted by molar-refractivity contribution is -0.137. The molecular weight excluding hydrogens is 403 g/mol. The Bertz CT molecular complexity index is 798. The van der Waals surface area contributed by atoms with Crippen molar-refractivity contribution in [3.8, 4) is 0 Å². The predicted octanol–water partition coefficient (Wildman–Crippen LogP) is 6.84. The fourth-order valence-corrected chi connectivity index (χ4v) is 3.91. The minimum atomic E-state index is -4.31. The molecule has 2 N–H and O–H groups in total. The maximum absolute atomic E-state index is 12.6. The SMILES string of the molecule is C=C(CSCc1ccc(C(F)(F)F)cc1)C(=C)C(CCN)c1ccc(Cl)cc1. The Morgan fingerprint density at radius 2 is 1.64 bits per heavy atom. The van der Waals surface area contributed by atoms with Crippen LogP contribution >= 0.6 is 23.4 Å². The van der Waals surface area contributed by atoms with E-state index in [1.54, 1.807) is 11.8 Å². The predicted molar refractivity (Wildman–Crippen MR) is 114 cm³/mol. The maximum Gasteiger partial charge on any atom is 0.416 e. The average Bonchev–Trinajstić information content (AvgIpc) is 2.66. The fourth-order valence-electron chi connectivity index (χ4n) is 2.82. The summed E-state index contributed by atoms with van der Waals surface area (Å²) >= 11 is 7.56. The minimum absolute atomic E-state index is 0.0708. The van der Waals surface area contributed by atoms with Gasteiger partial charge in [-0.15, -0.1) is 0 Å². The number of allylic oxidation sites excluding steroid dienone is 1. The Labute approximate surface area is 173 Å². The molecule has 0 saturated heterocycles. The van der Waals surface area contributed by atoms with Crippen LogP contribution in [-0.4, -0.2) is 12.3 Å². The van der Waals surface area contributed by atoms with E-state index >= 15 is 0 Å². The van der Waals surface area contributed by atoms with Crippen LogP contribution in [0.5, 0.6) is 0 Å². The van der Waals surface area contributed by atoms with Gasteiger partial charge in [0.05, 0.1) is 5.56 Å². The lowest BCUT2D eigenvalue weighted by Gasteiger charge is -2.21. The maximum atomic E-state index is 12.6. The molecule has 2 aromatic carbocycles. The van der Waals surface area contributed by atoms with Crippen LogP contribution in [0.25, 0.3) is 0 Å². The first kappa shape index (κ1) is 22.6. The Hall–Kier alpha value is -1.69. The second-order valence-electron chi connectivity index (χ2n) is 6.50. The molecule has 0 heterocycles. The third-order valence-electron chi connectivity index (χ3n) is 4.43. The lowest BCUT2D eigenvalue weighted by Crippen LogP contribution is -2.11. The quantitative estimate of drug-likeness (QED) is 0.445. The first-order valence-corrected chi connectivity index (χ1v) is 10.3. The summed E-state index contributed by atoms with van der Waals surface area (Å²) in [5.41, 5.74) is 8.90. The molecular formula is C22H23ClF3NS. The standard InChI is InChI=1S/C22H23ClF3NS/c1-15(13-28-14-17-3-7-19(8-4-17)22(24,25)26)16(2)21(11-12-27)18-5-9-20(23)10-6-18/h3-10,21H,1-2,11-14,27H2. The third kappa shape index (κ3) is 6.43. The van der Waals surface area contributed by atoms with Gasteiger partial charge in [-0.05, 0) is 59.5 Å². The highest BCUT2D eigenvalue weighted by atomic mass is 35.5. The van der Waals surface area contributed by atoms with Crippen LogP contribution in [0.15, 0.2) is 72.8 Å². The highest BCUT2D eigenvalue weighted by Crippen LogP contribution is 2.33. The van der Waals surface area contributed by atoms with E-state index in [1.807, 2.05) is 24.3 Å². The average molecular weight is 426 g/mol. The minimum Gasteiger partial charge on any atom is -0.330 e. The molecule has 0 aliphatic heterocycles. The van der Waals surface area contributed by atoms with E-state index in [9.17, 15) is 13.2 Å². The molecule has 2 rings (SSSR count). The summed E-state index contributed by atoms with van der Waals surface area (Å²) in [5.74, 6) is 1.32. The van der Waals surface area contributed by atoms with E-state index in [1.165, 1.54) is 12.1 Å². The van der Waals surface area contributed by atoms with Crippen molar-refractivity contribution in [2.24, 2.45) is 5.73 Å². The van der Waals surface area contributed by atoms with Gasteiger partial charge in [-0.3, -0.25) is 0 Å². The summed E-state index contributed by atoms with van der Waals surface area (Å²) in [6.07, 6.45) is -3.56. The third-order valence-corrected chi connectivity index (χ3v) is 5.77. The topological polar surface area (TPSA) is 26.0 Å². The number of rotatable bonds is 9. The van der Waals surface area contributed by atoms with Gasteiger partial charge in [-0.2, -0.15) is 24.9 Å². The molecule has 0 aliphatic rings. The van der Waals surface area contributed by atoms with E-state index < -0.39 is 11.7 Å². The molecule has 0 amide bonds. The van der Waals surface area contributed by atoms with Crippen molar-refractivity contribution < 1.29 is 13.2 Å². The number of halogens is 4. The summed E-state index contributed by atoms with van der Waals surface area (Å²) in [7, 11) is 0. The molecule has 0 saturated carbocycles. The van der Waals surface area contributed by atoms with Crippen LogP contribution in [0.2, 0.25) is 5.02 Å². The van der Waals surface area contributed by atoms with Crippen LogP contribution < -0.4 is 5.73 Å². The van der Waals surface area contributed by atoms with Crippen molar-refractivity contribution in [1.82, 2.24) is 0 Å². The largest absolute Gasteiger partial charge is 0.416 e. The Kier molecular flexibility index (Phi) is 8.23. The molecule has 2 aromatic rings. The van der Waals surface area contributed by atoms with Gasteiger partial charge in [0.2, 0.25) is 0 Å². The van der Waals surface area contributed by atoms with Gasteiger partial charge in [0.25, 0.3) is 0 Å². The normalized spacial score (nSPS) is 12.6. The molecule has 0 spiro atoms. The van der Waals surface area contributed by atoms with Crippen molar-refractivity contribution >= 4 is 23.4 Å². The number of nitrogens with two attached hydrogens (primary N) is 1. The van der Waals surface area contributed by atoms with Crippen LogP contribution in [-0.2, 0) is 11.9 Å². The highest BCUT2D eigenvalue weighted by molar-refractivity contribution is 7.98. The van der Waals surface area contributed by atoms with Crippen LogP contribution in [0, 0.1) is 0 Å². The zero-order chi connectivity index (χ0) is 20.7. The molecule has 28 heavy (non-hydrogen) atoms. The summed E-state index contributed by atoms with van der Waals surface area (Å²) in [5, 5.41) is 0.673. The number of alkyl halides is 3. The molecule has 6 heteroatoms. The van der Waals surface area contributed by atoms with Gasteiger partial charge in [0.15, 0.2) is 0 Å².